The molecule has 1 aromatic heterocycles. The molecule has 4 nitrogen and oxygen atoms in total. The molecule has 0 N–H and O–H groups in total. The maximum absolute atomic E-state index is 6.02. The van der Waals surface area contributed by atoms with Crippen molar-refractivity contribution in [3.05, 3.63) is 78.1 Å². The van der Waals surface area contributed by atoms with Crippen LogP contribution in [0, 0.1) is 6.92 Å². The second-order valence-corrected chi connectivity index (χ2v) is 6.31. The summed E-state index contributed by atoms with van der Waals surface area (Å²) in [7, 11) is 1.69. The highest BCUT2D eigenvalue weighted by molar-refractivity contribution is 5.50. The van der Waals surface area contributed by atoms with Gasteiger partial charge in [-0.3, -0.25) is 0 Å². The molecule has 25 heavy (non-hydrogen) atoms. The van der Waals surface area contributed by atoms with Crippen LogP contribution in [-0.4, -0.2) is 24.8 Å². The number of anilines is 1. The molecule has 0 aliphatic carbocycles. The largest absolute Gasteiger partial charge is 0.497 e. The van der Waals surface area contributed by atoms with Crippen LogP contribution in [0.15, 0.2) is 67.0 Å². The lowest BCUT2D eigenvalue weighted by Crippen LogP contribution is -2.22. The van der Waals surface area contributed by atoms with Gasteiger partial charge in [0, 0.05) is 41.9 Å². The molecule has 128 valence electrons. The Hall–Kier alpha value is -2.72. The lowest BCUT2D eigenvalue weighted by molar-refractivity contribution is 0.114. The molecule has 1 saturated heterocycles. The van der Waals surface area contributed by atoms with Crippen molar-refractivity contribution in [3.63, 3.8) is 0 Å². The van der Waals surface area contributed by atoms with Crippen LogP contribution in [0.1, 0.15) is 17.4 Å². The summed E-state index contributed by atoms with van der Waals surface area (Å²) in [5.74, 6) is 0.853. The van der Waals surface area contributed by atoms with Gasteiger partial charge in [0.2, 0.25) is 0 Å². The zero-order valence-corrected chi connectivity index (χ0v) is 14.6. The minimum Gasteiger partial charge on any atom is -0.497 e. The number of nitrogens with zero attached hydrogens (tertiary/aromatic N) is 2. The zero-order valence-electron chi connectivity index (χ0n) is 14.6. The highest BCUT2D eigenvalue weighted by Crippen LogP contribution is 2.33. The monoisotopic (exact) mass is 334 g/mol. The van der Waals surface area contributed by atoms with Crippen molar-refractivity contribution in [3.8, 4) is 11.4 Å². The first-order valence-electron chi connectivity index (χ1n) is 8.52. The van der Waals surface area contributed by atoms with Crippen molar-refractivity contribution in [2.24, 2.45) is 0 Å². The van der Waals surface area contributed by atoms with E-state index in [2.05, 4.69) is 65.2 Å². The van der Waals surface area contributed by atoms with Crippen molar-refractivity contribution >= 4 is 5.69 Å². The maximum atomic E-state index is 6.02. The third kappa shape index (κ3) is 3.13. The van der Waals surface area contributed by atoms with E-state index in [1.807, 2.05) is 18.2 Å². The molecular weight excluding hydrogens is 312 g/mol. The molecule has 1 aliphatic heterocycles. The van der Waals surface area contributed by atoms with E-state index in [4.69, 9.17) is 9.47 Å². The fourth-order valence-corrected chi connectivity index (χ4v) is 3.24. The second-order valence-electron chi connectivity index (χ2n) is 6.31. The van der Waals surface area contributed by atoms with Gasteiger partial charge < -0.3 is 18.9 Å². The predicted molar refractivity (Wildman–Crippen MR) is 99.5 cm³/mol. The molecule has 0 saturated carbocycles. The molecule has 0 amide bonds. The van der Waals surface area contributed by atoms with Crippen molar-refractivity contribution in [2.75, 3.05) is 25.2 Å². The minimum atomic E-state index is -0.0467. The van der Waals surface area contributed by atoms with E-state index < -0.39 is 0 Å². The van der Waals surface area contributed by atoms with Crippen LogP contribution in [-0.2, 0) is 4.74 Å². The van der Waals surface area contributed by atoms with Crippen molar-refractivity contribution in [1.82, 2.24) is 4.57 Å². The quantitative estimate of drug-likeness (QED) is 0.710. The topological polar surface area (TPSA) is 26.6 Å². The van der Waals surface area contributed by atoms with Crippen molar-refractivity contribution in [2.45, 2.75) is 13.2 Å². The van der Waals surface area contributed by atoms with Crippen LogP contribution in [0.4, 0.5) is 5.69 Å². The number of methoxy groups -OCH3 is 1. The molecule has 2 heterocycles. The SMILES string of the molecule is COc1cccc(-n2ccc([C@@H]3OCCN3c3ccc(C)cc3)c2)c1. The number of rotatable bonds is 4. The molecule has 4 rings (SSSR count). The van der Waals surface area contributed by atoms with Gasteiger partial charge in [0.25, 0.3) is 0 Å². The van der Waals surface area contributed by atoms with E-state index in [0.29, 0.717) is 0 Å². The van der Waals surface area contributed by atoms with Gasteiger partial charge in [-0.05, 0) is 37.3 Å². The average molecular weight is 334 g/mol. The normalized spacial score (nSPS) is 17.0. The van der Waals surface area contributed by atoms with Gasteiger partial charge >= 0.3 is 0 Å². The number of ether oxygens (including phenoxy) is 2. The summed E-state index contributed by atoms with van der Waals surface area (Å²) in [5, 5.41) is 0. The van der Waals surface area contributed by atoms with E-state index in [-0.39, 0.29) is 6.23 Å². The zero-order chi connectivity index (χ0) is 17.2. The minimum absolute atomic E-state index is 0.0467. The molecule has 1 fully saturated rings. The van der Waals surface area contributed by atoms with Crippen LogP contribution < -0.4 is 9.64 Å². The van der Waals surface area contributed by atoms with E-state index in [1.54, 1.807) is 7.11 Å². The molecular formula is C21H22N2O2. The third-order valence-electron chi connectivity index (χ3n) is 4.61. The first kappa shape index (κ1) is 15.8. The summed E-state index contributed by atoms with van der Waals surface area (Å²) in [6.07, 6.45) is 4.15. The van der Waals surface area contributed by atoms with Crippen molar-refractivity contribution in [1.29, 1.82) is 0 Å². The molecule has 2 aromatic carbocycles. The summed E-state index contributed by atoms with van der Waals surface area (Å²) in [4.78, 5) is 2.31. The van der Waals surface area contributed by atoms with Crippen LogP contribution in [0.25, 0.3) is 5.69 Å². The van der Waals surface area contributed by atoms with Gasteiger partial charge in [-0.1, -0.05) is 23.8 Å². The molecule has 0 unspecified atom stereocenters. The molecule has 0 spiro atoms. The lowest BCUT2D eigenvalue weighted by atomic mass is 10.2. The van der Waals surface area contributed by atoms with Gasteiger partial charge in [0.15, 0.2) is 6.23 Å². The summed E-state index contributed by atoms with van der Waals surface area (Å²) in [6, 6.07) is 18.8. The summed E-state index contributed by atoms with van der Waals surface area (Å²) in [6.45, 7) is 3.75. The van der Waals surface area contributed by atoms with Gasteiger partial charge in [-0.2, -0.15) is 0 Å². The molecule has 3 aromatic rings. The molecule has 0 radical (unpaired) electrons. The number of hydrogen-bond donors (Lipinski definition) is 0. The Morgan fingerprint density at radius 3 is 2.68 bits per heavy atom. The summed E-state index contributed by atoms with van der Waals surface area (Å²) >= 11 is 0. The fraction of sp³-hybridized carbons (Fsp3) is 0.238. The highest BCUT2D eigenvalue weighted by Gasteiger charge is 2.27. The van der Waals surface area contributed by atoms with Crippen LogP contribution in [0.3, 0.4) is 0 Å². The Morgan fingerprint density at radius 1 is 1.04 bits per heavy atom. The predicted octanol–water partition coefficient (Wildman–Crippen LogP) is 4.33. The van der Waals surface area contributed by atoms with Gasteiger partial charge in [0.05, 0.1) is 13.7 Å². The van der Waals surface area contributed by atoms with Gasteiger partial charge in [0.1, 0.15) is 5.75 Å². The first-order valence-corrected chi connectivity index (χ1v) is 8.52. The molecule has 0 bridgehead atoms. The van der Waals surface area contributed by atoms with E-state index in [1.165, 1.54) is 11.3 Å². The molecule has 1 aliphatic rings. The van der Waals surface area contributed by atoms with Gasteiger partial charge in [-0.15, -0.1) is 0 Å². The Morgan fingerprint density at radius 2 is 1.88 bits per heavy atom. The van der Waals surface area contributed by atoms with Crippen molar-refractivity contribution < 1.29 is 9.47 Å². The first-order chi connectivity index (χ1) is 12.2. The number of benzene rings is 2. The molecule has 1 atom stereocenters. The number of hydrogen-bond acceptors (Lipinski definition) is 3. The standard InChI is InChI=1S/C21H22N2O2/c1-16-6-8-18(9-7-16)23-12-13-25-21(23)17-10-11-22(15-17)19-4-3-5-20(14-19)24-2/h3-11,14-15,21H,12-13H2,1-2H3/t21-/m0/s1. The second kappa shape index (κ2) is 6.65. The third-order valence-corrected chi connectivity index (χ3v) is 4.61. The fourth-order valence-electron chi connectivity index (χ4n) is 3.24. The van der Waals surface area contributed by atoms with E-state index >= 15 is 0 Å². The summed E-state index contributed by atoms with van der Waals surface area (Å²) < 4.78 is 13.4. The summed E-state index contributed by atoms with van der Waals surface area (Å²) in [5.41, 5.74) is 4.69. The van der Waals surface area contributed by atoms with Crippen LogP contribution in [0.5, 0.6) is 5.75 Å². The lowest BCUT2D eigenvalue weighted by Gasteiger charge is -2.24. The Kier molecular flexibility index (Phi) is 4.20. The highest BCUT2D eigenvalue weighted by atomic mass is 16.5. The molecule has 4 heteroatoms. The van der Waals surface area contributed by atoms with Crippen LogP contribution in [0.2, 0.25) is 0 Å². The van der Waals surface area contributed by atoms with Crippen LogP contribution >= 0.6 is 0 Å². The van der Waals surface area contributed by atoms with E-state index in [0.717, 1.165) is 30.2 Å². The number of aromatic nitrogens is 1. The van der Waals surface area contributed by atoms with E-state index in [9.17, 15) is 0 Å². The van der Waals surface area contributed by atoms with Gasteiger partial charge in [-0.25, -0.2) is 0 Å². The average Bonchev–Trinajstić information content (AvgIpc) is 3.31. The Bertz CT molecular complexity index is 854. The Balaban J connectivity index is 1.61. The maximum Gasteiger partial charge on any atom is 0.158 e. The smallest absolute Gasteiger partial charge is 0.158 e. The Labute approximate surface area is 148 Å². The number of aryl methyl sites for hydroxylation is 1.